The second-order valence-corrected chi connectivity index (χ2v) is 2.90. The molecule has 0 heterocycles. The molecule has 1 aliphatic carbocycles. The van der Waals surface area contributed by atoms with Crippen LogP contribution >= 0.6 is 9.47 Å². The number of carbonyl (C=O) groups excluding carboxylic acids is 2. The largest absolute Gasteiger partial charge is 0.362 e. The lowest BCUT2D eigenvalue weighted by Crippen LogP contribution is -2.16. The summed E-state index contributed by atoms with van der Waals surface area (Å²) in [6, 6.07) is 0. The Morgan fingerprint density at radius 2 is 2.25 bits per heavy atom. The van der Waals surface area contributed by atoms with Crippen LogP contribution in [-0.4, -0.2) is 18.2 Å². The maximum absolute atomic E-state index is 9.81. The summed E-state index contributed by atoms with van der Waals surface area (Å²) in [6.45, 7) is 1.65. The Balaban J connectivity index is 0.000000202. The van der Waals surface area contributed by atoms with Gasteiger partial charge in [-0.3, -0.25) is 9.59 Å². The fourth-order valence-corrected chi connectivity index (χ4v) is 0.862. The lowest BCUT2D eigenvalue weighted by atomic mass is 9.97. The van der Waals surface area contributed by atoms with Crippen LogP contribution in [0.15, 0.2) is 0 Å². The van der Waals surface area contributed by atoms with Crippen molar-refractivity contribution < 1.29 is 14.1 Å². The highest BCUT2D eigenvalue weighted by Crippen LogP contribution is 2.23. The molecule has 12 heavy (non-hydrogen) atoms. The van der Waals surface area contributed by atoms with Gasteiger partial charge in [0.25, 0.3) is 0 Å². The first-order valence-electron chi connectivity index (χ1n) is 4.08. The molecule has 0 bridgehead atoms. The number of aldehydes is 1. The molecule has 70 valence electrons. The summed E-state index contributed by atoms with van der Waals surface area (Å²) in [7, 11) is 2.29. The molecule has 0 aliphatic heterocycles. The molecule has 1 unspecified atom stereocenters. The summed E-state index contributed by atoms with van der Waals surface area (Å²) in [5.41, 5.74) is 0. The van der Waals surface area contributed by atoms with Crippen LogP contribution in [0.4, 0.5) is 0 Å². The number of carbonyl (C=O) groups is 2. The van der Waals surface area contributed by atoms with Gasteiger partial charge in [0.15, 0.2) is 12.1 Å². The summed E-state index contributed by atoms with van der Waals surface area (Å²) in [5, 5.41) is 0. The van der Waals surface area contributed by atoms with Gasteiger partial charge in [0.1, 0.15) is 0 Å². The molecule has 1 atom stereocenters. The Bertz CT molecular complexity index is 140. The minimum Gasteiger partial charge on any atom is -0.362 e. The molecule has 0 aromatic heterocycles. The summed E-state index contributed by atoms with van der Waals surface area (Å²) < 4.78 is 4.90. The van der Waals surface area contributed by atoms with E-state index < -0.39 is 0 Å². The van der Waals surface area contributed by atoms with E-state index in [9.17, 15) is 9.59 Å². The van der Waals surface area contributed by atoms with Gasteiger partial charge in [-0.1, -0.05) is 6.92 Å². The third kappa shape index (κ3) is 5.39. The SMILES string of the molecule is CCC(=O)C=O.POC1CCC1. The first-order chi connectivity index (χ1) is 5.74. The van der Waals surface area contributed by atoms with Crippen LogP contribution in [-0.2, 0) is 14.1 Å². The highest BCUT2D eigenvalue weighted by Gasteiger charge is 2.15. The van der Waals surface area contributed by atoms with E-state index in [0.717, 1.165) is 0 Å². The van der Waals surface area contributed by atoms with Gasteiger partial charge < -0.3 is 4.52 Å². The molecule has 1 rings (SSSR count). The average molecular weight is 190 g/mol. The third-order valence-electron chi connectivity index (χ3n) is 1.72. The highest BCUT2D eigenvalue weighted by atomic mass is 31.0. The molecule has 0 radical (unpaired) electrons. The number of hydrogen-bond acceptors (Lipinski definition) is 3. The molecule has 0 spiro atoms. The quantitative estimate of drug-likeness (QED) is 0.385. The predicted octanol–water partition coefficient (Wildman–Crippen LogP) is 1.51. The van der Waals surface area contributed by atoms with E-state index in [1.54, 1.807) is 6.92 Å². The van der Waals surface area contributed by atoms with Crippen molar-refractivity contribution in [3.8, 4) is 0 Å². The number of ketones is 1. The predicted molar refractivity (Wildman–Crippen MR) is 49.8 cm³/mol. The summed E-state index contributed by atoms with van der Waals surface area (Å²) in [4.78, 5) is 19.2. The molecular formula is C8H15O3P. The van der Waals surface area contributed by atoms with Crippen LogP contribution in [0.5, 0.6) is 0 Å². The van der Waals surface area contributed by atoms with Crippen molar-refractivity contribution >= 4 is 21.5 Å². The fourth-order valence-electron chi connectivity index (χ4n) is 0.590. The third-order valence-corrected chi connectivity index (χ3v) is 2.11. The minimum absolute atomic E-state index is 0.323. The van der Waals surface area contributed by atoms with Crippen LogP contribution in [0.1, 0.15) is 32.6 Å². The van der Waals surface area contributed by atoms with Crippen molar-refractivity contribution in [3.05, 3.63) is 0 Å². The van der Waals surface area contributed by atoms with E-state index in [4.69, 9.17) is 4.52 Å². The van der Waals surface area contributed by atoms with Crippen LogP contribution in [0.3, 0.4) is 0 Å². The van der Waals surface area contributed by atoms with Gasteiger partial charge in [-0.2, -0.15) is 0 Å². The molecule has 3 nitrogen and oxygen atoms in total. The Labute approximate surface area is 75.1 Å². The van der Waals surface area contributed by atoms with Crippen molar-refractivity contribution in [1.82, 2.24) is 0 Å². The van der Waals surface area contributed by atoms with Gasteiger partial charge >= 0.3 is 0 Å². The molecular weight excluding hydrogens is 175 g/mol. The molecule has 0 saturated heterocycles. The van der Waals surface area contributed by atoms with Gasteiger partial charge in [-0.05, 0) is 19.3 Å². The van der Waals surface area contributed by atoms with Crippen LogP contribution in [0.2, 0.25) is 0 Å². The van der Waals surface area contributed by atoms with E-state index in [0.29, 0.717) is 18.8 Å². The second kappa shape index (κ2) is 7.38. The lowest BCUT2D eigenvalue weighted by molar-refractivity contribution is -0.129. The number of Topliss-reactive ketones (excluding diaryl/α,β-unsaturated/α-hetero) is 1. The monoisotopic (exact) mass is 190 g/mol. The van der Waals surface area contributed by atoms with Gasteiger partial charge in [0, 0.05) is 15.9 Å². The van der Waals surface area contributed by atoms with E-state index in [1.807, 2.05) is 0 Å². The van der Waals surface area contributed by atoms with Crippen LogP contribution in [0.25, 0.3) is 0 Å². The molecule has 0 N–H and O–H groups in total. The molecule has 0 amide bonds. The van der Waals surface area contributed by atoms with Crippen LogP contribution < -0.4 is 0 Å². The minimum atomic E-state index is -0.338. The normalized spacial score (nSPS) is 15.5. The maximum Gasteiger partial charge on any atom is 0.194 e. The van der Waals surface area contributed by atoms with E-state index >= 15 is 0 Å². The Kier molecular flexibility index (Phi) is 7.22. The molecule has 1 aliphatic rings. The Morgan fingerprint density at radius 1 is 1.67 bits per heavy atom. The first-order valence-corrected chi connectivity index (χ1v) is 4.55. The van der Waals surface area contributed by atoms with Crippen molar-refractivity contribution in [2.75, 3.05) is 0 Å². The first kappa shape index (κ1) is 11.7. The topological polar surface area (TPSA) is 43.4 Å². The van der Waals surface area contributed by atoms with Crippen molar-refractivity contribution in [2.24, 2.45) is 0 Å². The standard InChI is InChI=1S/C4H6O2.C4H9OP/c1-2-4(6)3-5;6-5-4-2-1-3-4/h3H,2H2,1H3;4H,1-3,6H2. The fraction of sp³-hybridized carbons (Fsp3) is 0.750. The highest BCUT2D eigenvalue weighted by molar-refractivity contribution is 7.09. The van der Waals surface area contributed by atoms with Gasteiger partial charge in [-0.15, -0.1) is 0 Å². The van der Waals surface area contributed by atoms with E-state index in [-0.39, 0.29) is 5.78 Å². The second-order valence-electron chi connectivity index (χ2n) is 2.63. The Morgan fingerprint density at radius 3 is 2.25 bits per heavy atom. The average Bonchev–Trinajstić information content (AvgIpc) is 2.02. The number of hydrogen-bond donors (Lipinski definition) is 0. The number of rotatable bonds is 3. The molecule has 0 aromatic rings. The molecule has 0 aromatic carbocycles. The van der Waals surface area contributed by atoms with Gasteiger partial charge in [-0.25, -0.2) is 0 Å². The van der Waals surface area contributed by atoms with E-state index in [1.165, 1.54) is 19.3 Å². The zero-order valence-electron chi connectivity index (χ0n) is 7.29. The van der Waals surface area contributed by atoms with Gasteiger partial charge in [0.05, 0.1) is 6.10 Å². The van der Waals surface area contributed by atoms with Crippen molar-refractivity contribution in [1.29, 1.82) is 0 Å². The zero-order chi connectivity index (χ0) is 9.40. The summed E-state index contributed by atoms with van der Waals surface area (Å²) in [5.74, 6) is -0.338. The van der Waals surface area contributed by atoms with Crippen molar-refractivity contribution in [2.45, 2.75) is 38.7 Å². The Hall–Kier alpha value is -0.270. The van der Waals surface area contributed by atoms with E-state index in [2.05, 4.69) is 9.47 Å². The summed E-state index contributed by atoms with van der Waals surface area (Å²) in [6.07, 6.45) is 5.13. The maximum atomic E-state index is 9.81. The zero-order valence-corrected chi connectivity index (χ0v) is 8.44. The molecule has 1 fully saturated rings. The molecule has 4 heteroatoms. The summed E-state index contributed by atoms with van der Waals surface area (Å²) >= 11 is 0. The van der Waals surface area contributed by atoms with Gasteiger partial charge in [0.2, 0.25) is 0 Å². The van der Waals surface area contributed by atoms with Crippen LogP contribution in [0, 0.1) is 0 Å². The van der Waals surface area contributed by atoms with Crippen molar-refractivity contribution in [3.63, 3.8) is 0 Å². The molecule has 1 saturated carbocycles. The lowest BCUT2D eigenvalue weighted by Gasteiger charge is -2.22. The smallest absolute Gasteiger partial charge is 0.194 e.